The van der Waals surface area contributed by atoms with Crippen molar-refractivity contribution in [1.29, 1.82) is 0 Å². The third kappa shape index (κ3) is 4.40. The van der Waals surface area contributed by atoms with Gasteiger partial charge in [0.1, 0.15) is 29.1 Å². The summed E-state index contributed by atoms with van der Waals surface area (Å²) in [4.78, 5) is 34.7. The van der Waals surface area contributed by atoms with Gasteiger partial charge in [0, 0.05) is 36.9 Å². The van der Waals surface area contributed by atoms with Crippen LogP contribution in [0.1, 0.15) is 33.6 Å². The van der Waals surface area contributed by atoms with Crippen molar-refractivity contribution in [3.8, 4) is 11.5 Å². The average Bonchev–Trinajstić information content (AvgIpc) is 3.69. The van der Waals surface area contributed by atoms with Crippen LogP contribution in [0.25, 0.3) is 11.0 Å². The molecule has 2 aromatic heterocycles. The van der Waals surface area contributed by atoms with E-state index in [2.05, 4.69) is 16.0 Å². The van der Waals surface area contributed by atoms with Crippen LogP contribution < -0.4 is 14.5 Å². The van der Waals surface area contributed by atoms with Crippen molar-refractivity contribution in [1.82, 2.24) is 4.98 Å². The first-order valence-electron chi connectivity index (χ1n) is 12.1. The SMILES string of the molecule is CSCOC(=O)c1coc2c(Oc3ccncc3C(=O)N3CCN(C4CC4)c4ccccc43)cccc12. The lowest BCUT2D eigenvalue weighted by molar-refractivity contribution is 0.0580. The van der Waals surface area contributed by atoms with Gasteiger partial charge >= 0.3 is 5.97 Å². The van der Waals surface area contributed by atoms with Crippen LogP contribution in [0.2, 0.25) is 0 Å². The molecule has 0 atom stereocenters. The quantitative estimate of drug-likeness (QED) is 0.228. The Labute approximate surface area is 218 Å². The van der Waals surface area contributed by atoms with E-state index >= 15 is 0 Å². The Balaban J connectivity index is 1.31. The number of hydrogen-bond donors (Lipinski definition) is 0. The first kappa shape index (κ1) is 23.4. The minimum absolute atomic E-state index is 0.182. The van der Waals surface area contributed by atoms with Crippen molar-refractivity contribution in [2.45, 2.75) is 18.9 Å². The number of pyridine rings is 1. The molecular formula is C28H25N3O5S. The predicted molar refractivity (Wildman–Crippen MR) is 143 cm³/mol. The highest BCUT2D eigenvalue weighted by molar-refractivity contribution is 7.98. The van der Waals surface area contributed by atoms with Crippen LogP contribution in [0.3, 0.4) is 0 Å². The summed E-state index contributed by atoms with van der Waals surface area (Å²) in [6.07, 6.45) is 8.72. The lowest BCUT2D eigenvalue weighted by Crippen LogP contribution is -2.45. The van der Waals surface area contributed by atoms with Crippen LogP contribution in [-0.4, -0.2) is 48.2 Å². The molecule has 4 aromatic rings. The van der Waals surface area contributed by atoms with Gasteiger partial charge in [0.05, 0.1) is 11.4 Å². The molecule has 1 aliphatic carbocycles. The van der Waals surface area contributed by atoms with Crippen LogP contribution in [-0.2, 0) is 4.74 Å². The number of thioether (sulfide) groups is 1. The molecule has 188 valence electrons. The van der Waals surface area contributed by atoms with E-state index in [-0.39, 0.29) is 11.8 Å². The zero-order chi connectivity index (χ0) is 25.4. The van der Waals surface area contributed by atoms with E-state index in [1.165, 1.54) is 37.1 Å². The van der Waals surface area contributed by atoms with E-state index in [1.54, 1.807) is 35.4 Å². The second kappa shape index (κ2) is 9.82. The number of esters is 1. The van der Waals surface area contributed by atoms with Crippen LogP contribution >= 0.6 is 11.8 Å². The van der Waals surface area contributed by atoms with E-state index in [0.29, 0.717) is 46.2 Å². The van der Waals surface area contributed by atoms with Gasteiger partial charge in [-0.1, -0.05) is 18.2 Å². The molecule has 1 amide bonds. The van der Waals surface area contributed by atoms with Crippen LogP contribution in [0.4, 0.5) is 11.4 Å². The van der Waals surface area contributed by atoms with Crippen LogP contribution in [0.15, 0.2) is 71.6 Å². The number of ether oxygens (including phenoxy) is 2. The molecule has 6 rings (SSSR count). The van der Waals surface area contributed by atoms with Gasteiger partial charge in [0.15, 0.2) is 11.3 Å². The smallest absolute Gasteiger partial charge is 0.342 e. The Morgan fingerprint density at radius 3 is 2.68 bits per heavy atom. The van der Waals surface area contributed by atoms with Gasteiger partial charge in [-0.05, 0) is 49.4 Å². The van der Waals surface area contributed by atoms with E-state index in [1.807, 2.05) is 24.5 Å². The topological polar surface area (TPSA) is 85.1 Å². The Hall–Kier alpha value is -3.98. The molecular weight excluding hydrogens is 490 g/mol. The fourth-order valence-corrected chi connectivity index (χ4v) is 4.94. The number of hydrogen-bond acceptors (Lipinski definition) is 8. The highest BCUT2D eigenvalue weighted by Crippen LogP contribution is 2.41. The Bertz CT molecular complexity index is 1480. The number of nitrogens with zero attached hydrogens (tertiary/aromatic N) is 3. The number of para-hydroxylation sites is 3. The lowest BCUT2D eigenvalue weighted by Gasteiger charge is -2.38. The number of aromatic nitrogens is 1. The fraction of sp³-hybridized carbons (Fsp3) is 0.250. The lowest BCUT2D eigenvalue weighted by atomic mass is 10.1. The first-order chi connectivity index (χ1) is 18.2. The highest BCUT2D eigenvalue weighted by atomic mass is 32.2. The monoisotopic (exact) mass is 515 g/mol. The average molecular weight is 516 g/mol. The second-order valence-electron chi connectivity index (χ2n) is 8.96. The maximum atomic E-state index is 13.8. The zero-order valence-electron chi connectivity index (χ0n) is 20.3. The van der Waals surface area contributed by atoms with E-state index in [4.69, 9.17) is 13.9 Å². The molecule has 0 spiro atoms. The minimum Gasteiger partial charge on any atom is -0.459 e. The number of carbonyl (C=O) groups excluding carboxylic acids is 2. The molecule has 0 radical (unpaired) electrons. The molecule has 0 saturated heterocycles. The summed E-state index contributed by atoms with van der Waals surface area (Å²) in [5.74, 6) is 0.355. The van der Waals surface area contributed by atoms with Gasteiger partial charge < -0.3 is 23.7 Å². The van der Waals surface area contributed by atoms with Crippen molar-refractivity contribution in [2.75, 3.05) is 35.1 Å². The summed E-state index contributed by atoms with van der Waals surface area (Å²) >= 11 is 1.41. The third-order valence-electron chi connectivity index (χ3n) is 6.60. The largest absolute Gasteiger partial charge is 0.459 e. The summed E-state index contributed by atoms with van der Waals surface area (Å²) in [5, 5.41) is 0.579. The summed E-state index contributed by atoms with van der Waals surface area (Å²) < 4.78 is 17.2. The standard InChI is InChI=1S/C28H25N3O5S/c1-37-17-35-28(33)21-16-34-26-19(21)5-4-8-25(26)36-24-11-12-29-15-20(24)27(32)31-14-13-30(18-9-10-18)22-6-2-3-7-23(22)31/h2-8,11-12,15-16,18H,9-10,13-14,17H2,1H3. The fourth-order valence-electron chi connectivity index (χ4n) is 4.71. The van der Waals surface area contributed by atoms with Gasteiger partial charge in [-0.3, -0.25) is 9.78 Å². The number of furan rings is 1. The number of rotatable bonds is 7. The van der Waals surface area contributed by atoms with E-state index < -0.39 is 5.97 Å². The van der Waals surface area contributed by atoms with Crippen molar-refractivity contribution < 1.29 is 23.5 Å². The number of anilines is 2. The zero-order valence-corrected chi connectivity index (χ0v) is 21.1. The molecule has 1 aliphatic heterocycles. The van der Waals surface area contributed by atoms with Gasteiger partial charge in [-0.2, -0.15) is 0 Å². The number of carbonyl (C=O) groups is 2. The molecule has 0 N–H and O–H groups in total. The molecule has 8 nitrogen and oxygen atoms in total. The van der Waals surface area contributed by atoms with Crippen molar-refractivity contribution >= 4 is 46.0 Å². The van der Waals surface area contributed by atoms with Gasteiger partial charge in [0.2, 0.25) is 0 Å². The van der Waals surface area contributed by atoms with Gasteiger partial charge in [0.25, 0.3) is 5.91 Å². The summed E-state index contributed by atoms with van der Waals surface area (Å²) in [6, 6.07) is 15.5. The molecule has 1 fully saturated rings. The summed E-state index contributed by atoms with van der Waals surface area (Å²) in [6.45, 7) is 1.36. The molecule has 3 heterocycles. The molecule has 37 heavy (non-hydrogen) atoms. The van der Waals surface area contributed by atoms with Crippen molar-refractivity contribution in [2.24, 2.45) is 0 Å². The van der Waals surface area contributed by atoms with E-state index in [0.717, 1.165) is 17.9 Å². The second-order valence-corrected chi connectivity index (χ2v) is 9.78. The molecule has 9 heteroatoms. The highest BCUT2D eigenvalue weighted by Gasteiger charge is 2.36. The Kier molecular flexibility index (Phi) is 6.21. The van der Waals surface area contributed by atoms with Crippen molar-refractivity contribution in [3.63, 3.8) is 0 Å². The molecule has 1 saturated carbocycles. The van der Waals surface area contributed by atoms with Crippen LogP contribution in [0, 0.1) is 0 Å². The normalized spacial score (nSPS) is 14.9. The van der Waals surface area contributed by atoms with Gasteiger partial charge in [-0.15, -0.1) is 11.8 Å². The number of fused-ring (bicyclic) bond motifs is 2. The Morgan fingerprint density at radius 1 is 1.03 bits per heavy atom. The van der Waals surface area contributed by atoms with Crippen molar-refractivity contribution in [3.05, 3.63) is 78.3 Å². The summed E-state index contributed by atoms with van der Waals surface area (Å²) in [7, 11) is 0. The molecule has 0 bridgehead atoms. The number of benzene rings is 2. The van der Waals surface area contributed by atoms with E-state index in [9.17, 15) is 9.59 Å². The predicted octanol–water partition coefficient (Wildman–Crippen LogP) is 5.73. The minimum atomic E-state index is -0.464. The molecule has 2 aliphatic rings. The Morgan fingerprint density at radius 2 is 1.86 bits per heavy atom. The van der Waals surface area contributed by atoms with Gasteiger partial charge in [-0.25, -0.2) is 4.79 Å². The molecule has 0 unspecified atom stereocenters. The number of amides is 1. The first-order valence-corrected chi connectivity index (χ1v) is 13.5. The summed E-state index contributed by atoms with van der Waals surface area (Å²) in [5.41, 5.74) is 3.04. The third-order valence-corrected chi connectivity index (χ3v) is 6.96. The van der Waals surface area contributed by atoms with Crippen LogP contribution in [0.5, 0.6) is 11.5 Å². The molecule has 2 aromatic carbocycles. The maximum absolute atomic E-state index is 13.8. The maximum Gasteiger partial charge on any atom is 0.342 e.